The van der Waals surface area contributed by atoms with E-state index in [0.29, 0.717) is 12.0 Å². The molecule has 0 bridgehead atoms. The molecule has 1 aromatic heterocycles. The van der Waals surface area contributed by atoms with Gasteiger partial charge in [-0.2, -0.15) is 0 Å². The molecule has 1 saturated carbocycles. The average molecular weight is 267 g/mol. The normalized spacial score (nSPS) is 21.6. The van der Waals surface area contributed by atoms with Gasteiger partial charge in [0.15, 0.2) is 0 Å². The highest BCUT2D eigenvalue weighted by molar-refractivity contribution is 5.65. The van der Waals surface area contributed by atoms with Gasteiger partial charge >= 0.3 is 0 Å². The van der Waals surface area contributed by atoms with Crippen LogP contribution in [0.3, 0.4) is 0 Å². The maximum Gasteiger partial charge on any atom is 0.132 e. The zero-order chi connectivity index (χ0) is 14.3. The Labute approximate surface area is 120 Å². The first-order chi connectivity index (χ1) is 9.54. The summed E-state index contributed by atoms with van der Waals surface area (Å²) in [6, 6.07) is 6.78. The molecule has 0 aliphatic heterocycles. The zero-order valence-corrected chi connectivity index (χ0v) is 12.4. The number of aryl methyl sites for hydroxylation is 3. The number of nitrogens with zero attached hydrogens (tertiary/aromatic N) is 2. The molecule has 0 amide bonds. The molecule has 0 atom stereocenters. The molecule has 0 radical (unpaired) electrons. The molecule has 1 fully saturated rings. The molecule has 0 saturated heterocycles. The van der Waals surface area contributed by atoms with Crippen LogP contribution in [0.1, 0.15) is 41.3 Å². The van der Waals surface area contributed by atoms with Crippen LogP contribution in [-0.4, -0.2) is 16.0 Å². The van der Waals surface area contributed by atoms with Crippen molar-refractivity contribution in [2.45, 2.75) is 45.6 Å². The number of hydrogen-bond donors (Lipinski definition) is 1. The van der Waals surface area contributed by atoms with Crippen LogP contribution < -0.4 is 5.73 Å². The van der Waals surface area contributed by atoms with Crippen molar-refractivity contribution in [1.82, 2.24) is 9.97 Å². The van der Waals surface area contributed by atoms with E-state index in [9.17, 15) is 0 Å². The van der Waals surface area contributed by atoms with Crippen LogP contribution in [0, 0.1) is 20.8 Å². The Morgan fingerprint density at radius 3 is 2.45 bits per heavy atom. The molecule has 104 valence electrons. The monoisotopic (exact) mass is 267 g/mol. The molecule has 3 heteroatoms. The second kappa shape index (κ2) is 4.98. The van der Waals surface area contributed by atoms with E-state index in [0.717, 1.165) is 24.4 Å². The van der Waals surface area contributed by atoms with Crippen molar-refractivity contribution in [3.63, 3.8) is 0 Å². The highest BCUT2D eigenvalue weighted by Gasteiger charge is 2.29. The van der Waals surface area contributed by atoms with Crippen LogP contribution in [0.15, 0.2) is 24.4 Å². The Balaban J connectivity index is 1.98. The fraction of sp³-hybridized carbons (Fsp3) is 0.412. The van der Waals surface area contributed by atoms with Crippen molar-refractivity contribution >= 4 is 0 Å². The van der Waals surface area contributed by atoms with Gasteiger partial charge in [-0.05, 0) is 62.4 Å². The third-order valence-electron chi connectivity index (χ3n) is 4.33. The van der Waals surface area contributed by atoms with Gasteiger partial charge in [-0.1, -0.05) is 6.07 Å². The minimum atomic E-state index is 0.329. The van der Waals surface area contributed by atoms with E-state index < -0.39 is 0 Å². The lowest BCUT2D eigenvalue weighted by Gasteiger charge is -2.31. The van der Waals surface area contributed by atoms with Crippen molar-refractivity contribution in [3.05, 3.63) is 46.9 Å². The highest BCUT2D eigenvalue weighted by Crippen LogP contribution is 2.34. The largest absolute Gasteiger partial charge is 0.328 e. The standard InChI is InChI=1S/C17H21N3/c1-10-6-12(3)15(7-11(10)2)16-4-5-19-17(20-16)13-8-14(18)9-13/h4-7,13-14H,8-9,18H2,1-3H3. The summed E-state index contributed by atoms with van der Waals surface area (Å²) in [6.07, 6.45) is 3.89. The maximum absolute atomic E-state index is 5.86. The zero-order valence-electron chi connectivity index (χ0n) is 12.4. The first-order valence-corrected chi connectivity index (χ1v) is 7.21. The quantitative estimate of drug-likeness (QED) is 0.908. The topological polar surface area (TPSA) is 51.8 Å². The van der Waals surface area contributed by atoms with Gasteiger partial charge in [0.1, 0.15) is 5.82 Å². The lowest BCUT2D eigenvalue weighted by molar-refractivity contribution is 0.338. The Morgan fingerprint density at radius 1 is 1.05 bits per heavy atom. The summed E-state index contributed by atoms with van der Waals surface area (Å²) in [7, 11) is 0. The molecule has 3 nitrogen and oxygen atoms in total. The molecule has 1 heterocycles. The highest BCUT2D eigenvalue weighted by atomic mass is 14.9. The van der Waals surface area contributed by atoms with Gasteiger partial charge in [-0.25, -0.2) is 9.97 Å². The van der Waals surface area contributed by atoms with Crippen molar-refractivity contribution in [3.8, 4) is 11.3 Å². The van der Waals surface area contributed by atoms with Crippen molar-refractivity contribution in [2.75, 3.05) is 0 Å². The molecular formula is C17H21N3. The van der Waals surface area contributed by atoms with Crippen LogP contribution in [0.5, 0.6) is 0 Å². The minimum Gasteiger partial charge on any atom is -0.328 e. The Bertz CT molecular complexity index is 643. The van der Waals surface area contributed by atoms with Gasteiger partial charge in [0.2, 0.25) is 0 Å². The Hall–Kier alpha value is -1.74. The van der Waals surface area contributed by atoms with Crippen LogP contribution >= 0.6 is 0 Å². The molecule has 2 aromatic rings. The van der Waals surface area contributed by atoms with Gasteiger partial charge in [-0.15, -0.1) is 0 Å². The summed E-state index contributed by atoms with van der Waals surface area (Å²) >= 11 is 0. The van der Waals surface area contributed by atoms with Crippen LogP contribution in [0.4, 0.5) is 0 Å². The number of benzene rings is 1. The Kier molecular flexibility index (Phi) is 3.30. The van der Waals surface area contributed by atoms with E-state index in [1.165, 1.54) is 22.3 Å². The van der Waals surface area contributed by atoms with E-state index in [1.807, 2.05) is 12.3 Å². The van der Waals surface area contributed by atoms with Gasteiger partial charge < -0.3 is 5.73 Å². The van der Waals surface area contributed by atoms with E-state index in [1.54, 1.807) is 0 Å². The number of aromatic nitrogens is 2. The number of rotatable bonds is 2. The predicted molar refractivity (Wildman–Crippen MR) is 81.6 cm³/mol. The molecule has 1 aromatic carbocycles. The fourth-order valence-electron chi connectivity index (χ4n) is 2.83. The first-order valence-electron chi connectivity index (χ1n) is 7.21. The molecule has 2 N–H and O–H groups in total. The molecule has 0 unspecified atom stereocenters. The van der Waals surface area contributed by atoms with E-state index in [2.05, 4.69) is 37.9 Å². The molecule has 0 spiro atoms. The lowest BCUT2D eigenvalue weighted by atomic mass is 9.80. The second-order valence-corrected chi connectivity index (χ2v) is 5.98. The third-order valence-corrected chi connectivity index (χ3v) is 4.33. The summed E-state index contributed by atoms with van der Waals surface area (Å²) in [5, 5.41) is 0. The molecular weight excluding hydrogens is 246 g/mol. The summed E-state index contributed by atoms with van der Waals surface area (Å²) in [4.78, 5) is 9.19. The van der Waals surface area contributed by atoms with Crippen molar-refractivity contribution < 1.29 is 0 Å². The molecule has 1 aliphatic carbocycles. The molecule has 3 rings (SSSR count). The third kappa shape index (κ3) is 2.34. The van der Waals surface area contributed by atoms with Crippen LogP contribution in [0.2, 0.25) is 0 Å². The summed E-state index contributed by atoms with van der Waals surface area (Å²) in [5.41, 5.74) is 12.0. The number of nitrogens with two attached hydrogens (primary N) is 1. The summed E-state index contributed by atoms with van der Waals surface area (Å²) < 4.78 is 0. The fourth-order valence-corrected chi connectivity index (χ4v) is 2.83. The van der Waals surface area contributed by atoms with Crippen molar-refractivity contribution in [2.24, 2.45) is 5.73 Å². The van der Waals surface area contributed by atoms with Crippen molar-refractivity contribution in [1.29, 1.82) is 0 Å². The number of hydrogen-bond acceptors (Lipinski definition) is 3. The second-order valence-electron chi connectivity index (χ2n) is 5.98. The molecule has 20 heavy (non-hydrogen) atoms. The van der Waals surface area contributed by atoms with Crippen LogP contribution in [0.25, 0.3) is 11.3 Å². The van der Waals surface area contributed by atoms with Crippen LogP contribution in [-0.2, 0) is 0 Å². The van der Waals surface area contributed by atoms with E-state index >= 15 is 0 Å². The SMILES string of the molecule is Cc1cc(C)c(-c2ccnc(C3CC(N)C3)n2)cc1C. The van der Waals surface area contributed by atoms with E-state index in [4.69, 9.17) is 10.7 Å². The predicted octanol–water partition coefficient (Wildman–Crippen LogP) is 3.27. The molecule has 1 aliphatic rings. The summed E-state index contributed by atoms with van der Waals surface area (Å²) in [5.74, 6) is 1.39. The smallest absolute Gasteiger partial charge is 0.132 e. The average Bonchev–Trinajstić information content (AvgIpc) is 2.39. The Morgan fingerprint density at radius 2 is 1.75 bits per heavy atom. The summed E-state index contributed by atoms with van der Waals surface area (Å²) in [6.45, 7) is 6.43. The maximum atomic E-state index is 5.86. The van der Waals surface area contributed by atoms with Gasteiger partial charge in [-0.3, -0.25) is 0 Å². The van der Waals surface area contributed by atoms with Gasteiger partial charge in [0.05, 0.1) is 5.69 Å². The van der Waals surface area contributed by atoms with Gasteiger partial charge in [0.25, 0.3) is 0 Å². The minimum absolute atomic E-state index is 0.329. The van der Waals surface area contributed by atoms with Gasteiger partial charge in [0, 0.05) is 23.7 Å². The lowest BCUT2D eigenvalue weighted by Crippen LogP contribution is -2.35. The first kappa shape index (κ1) is 13.3. The van der Waals surface area contributed by atoms with E-state index in [-0.39, 0.29) is 0 Å².